The van der Waals surface area contributed by atoms with E-state index in [1.165, 1.54) is 5.56 Å². The zero-order valence-corrected chi connectivity index (χ0v) is 14.8. The van der Waals surface area contributed by atoms with Gasteiger partial charge in [0.15, 0.2) is 17.4 Å². The number of rotatable bonds is 4. The average molecular weight is 337 g/mol. The van der Waals surface area contributed by atoms with Crippen molar-refractivity contribution in [2.24, 2.45) is 11.8 Å². The Bertz CT molecular complexity index is 832. The van der Waals surface area contributed by atoms with Crippen LogP contribution in [-0.2, 0) is 10.2 Å². The first-order valence-corrected chi connectivity index (χ1v) is 8.61. The molecule has 1 aliphatic heterocycles. The zero-order valence-electron chi connectivity index (χ0n) is 14.8. The van der Waals surface area contributed by atoms with Gasteiger partial charge in [-0.2, -0.15) is 0 Å². The lowest BCUT2D eigenvalue weighted by Gasteiger charge is -2.34. The highest BCUT2D eigenvalue weighted by Crippen LogP contribution is 2.56. The van der Waals surface area contributed by atoms with Crippen LogP contribution in [0.2, 0.25) is 0 Å². The Morgan fingerprint density at radius 1 is 1.04 bits per heavy atom. The van der Waals surface area contributed by atoms with Crippen molar-refractivity contribution >= 4 is 5.90 Å². The van der Waals surface area contributed by atoms with Crippen LogP contribution in [0.3, 0.4) is 0 Å². The van der Waals surface area contributed by atoms with Crippen molar-refractivity contribution in [2.45, 2.75) is 18.8 Å². The Hall–Kier alpha value is -2.49. The molecule has 2 fully saturated rings. The molecule has 4 rings (SSSR count). The predicted molar refractivity (Wildman–Crippen MR) is 97.6 cm³/mol. The van der Waals surface area contributed by atoms with E-state index in [-0.39, 0.29) is 5.41 Å². The van der Waals surface area contributed by atoms with Gasteiger partial charge in [-0.05, 0) is 41.2 Å². The SMILES string of the molecule is COc1ccc(-c2cccc(C3(C)COC(=N)C4CC43)c2)cc1OC. The summed E-state index contributed by atoms with van der Waals surface area (Å²) in [5, 5.41) is 7.89. The minimum absolute atomic E-state index is 0.0260. The normalized spacial score (nSPS) is 27.2. The molecule has 1 saturated heterocycles. The van der Waals surface area contributed by atoms with Crippen LogP contribution in [0.25, 0.3) is 11.1 Å². The number of hydrogen-bond acceptors (Lipinski definition) is 4. The molecule has 3 atom stereocenters. The summed E-state index contributed by atoms with van der Waals surface area (Å²) in [4.78, 5) is 0. The minimum atomic E-state index is -0.0260. The molecule has 1 aliphatic carbocycles. The second kappa shape index (κ2) is 5.80. The number of benzene rings is 2. The molecule has 0 aromatic heterocycles. The molecule has 1 heterocycles. The Kier molecular flexibility index (Phi) is 3.71. The van der Waals surface area contributed by atoms with E-state index in [1.807, 2.05) is 12.1 Å². The van der Waals surface area contributed by atoms with E-state index in [1.54, 1.807) is 14.2 Å². The van der Waals surface area contributed by atoms with Crippen LogP contribution in [0, 0.1) is 17.2 Å². The van der Waals surface area contributed by atoms with Crippen LogP contribution in [0.1, 0.15) is 18.9 Å². The van der Waals surface area contributed by atoms with Crippen molar-refractivity contribution in [2.75, 3.05) is 20.8 Å². The maximum atomic E-state index is 7.89. The molecule has 4 nitrogen and oxygen atoms in total. The molecule has 0 bridgehead atoms. The Morgan fingerprint density at radius 2 is 1.80 bits per heavy atom. The van der Waals surface area contributed by atoms with Gasteiger partial charge in [0, 0.05) is 11.3 Å². The smallest absolute Gasteiger partial charge is 0.183 e. The fraction of sp³-hybridized carbons (Fsp3) is 0.381. The second-order valence-corrected chi connectivity index (χ2v) is 7.17. The molecule has 130 valence electrons. The van der Waals surface area contributed by atoms with Gasteiger partial charge in [0.1, 0.15) is 0 Å². The van der Waals surface area contributed by atoms with E-state index in [9.17, 15) is 0 Å². The minimum Gasteiger partial charge on any atom is -0.493 e. The maximum absolute atomic E-state index is 7.89. The third kappa shape index (κ3) is 2.56. The Morgan fingerprint density at radius 3 is 2.56 bits per heavy atom. The highest BCUT2D eigenvalue weighted by molar-refractivity contribution is 5.80. The quantitative estimate of drug-likeness (QED) is 0.906. The van der Waals surface area contributed by atoms with Crippen molar-refractivity contribution in [3.63, 3.8) is 0 Å². The molecule has 3 unspecified atom stereocenters. The van der Waals surface area contributed by atoms with Gasteiger partial charge in [-0.25, -0.2) is 0 Å². The van der Waals surface area contributed by atoms with Gasteiger partial charge in [0.05, 0.1) is 20.8 Å². The largest absolute Gasteiger partial charge is 0.493 e. The highest BCUT2D eigenvalue weighted by Gasteiger charge is 2.57. The second-order valence-electron chi connectivity index (χ2n) is 7.17. The molecule has 2 aromatic carbocycles. The summed E-state index contributed by atoms with van der Waals surface area (Å²) in [6.07, 6.45) is 1.07. The van der Waals surface area contributed by atoms with Crippen molar-refractivity contribution in [3.8, 4) is 22.6 Å². The van der Waals surface area contributed by atoms with Crippen molar-refractivity contribution in [1.82, 2.24) is 0 Å². The van der Waals surface area contributed by atoms with Crippen molar-refractivity contribution in [1.29, 1.82) is 5.41 Å². The van der Waals surface area contributed by atoms with E-state index >= 15 is 0 Å². The van der Waals surface area contributed by atoms with Crippen LogP contribution in [-0.4, -0.2) is 26.7 Å². The third-order valence-electron chi connectivity index (χ3n) is 5.71. The molecule has 25 heavy (non-hydrogen) atoms. The van der Waals surface area contributed by atoms with Crippen molar-refractivity contribution < 1.29 is 14.2 Å². The van der Waals surface area contributed by atoms with Gasteiger partial charge in [-0.3, -0.25) is 5.41 Å². The summed E-state index contributed by atoms with van der Waals surface area (Å²) in [5.41, 5.74) is 3.50. The predicted octanol–water partition coefficient (Wildman–Crippen LogP) is 4.27. The van der Waals surface area contributed by atoms with E-state index in [0.29, 0.717) is 24.3 Å². The maximum Gasteiger partial charge on any atom is 0.183 e. The molecule has 4 heteroatoms. The van der Waals surface area contributed by atoms with Gasteiger partial charge in [0.2, 0.25) is 0 Å². The molecular weight excluding hydrogens is 314 g/mol. The van der Waals surface area contributed by atoms with Crippen LogP contribution in [0.4, 0.5) is 0 Å². The summed E-state index contributed by atoms with van der Waals surface area (Å²) >= 11 is 0. The average Bonchev–Trinajstić information content (AvgIpc) is 3.47. The van der Waals surface area contributed by atoms with Gasteiger partial charge in [-0.1, -0.05) is 37.3 Å². The highest BCUT2D eigenvalue weighted by atomic mass is 16.5. The monoisotopic (exact) mass is 337 g/mol. The number of methoxy groups -OCH3 is 2. The Labute approximate surface area is 148 Å². The van der Waals surface area contributed by atoms with E-state index in [0.717, 1.165) is 29.0 Å². The zero-order chi connectivity index (χ0) is 17.6. The molecule has 1 saturated carbocycles. The van der Waals surface area contributed by atoms with Gasteiger partial charge in [0.25, 0.3) is 0 Å². The van der Waals surface area contributed by atoms with E-state index < -0.39 is 0 Å². The van der Waals surface area contributed by atoms with Crippen LogP contribution < -0.4 is 9.47 Å². The van der Waals surface area contributed by atoms with Crippen molar-refractivity contribution in [3.05, 3.63) is 48.0 Å². The number of nitrogens with one attached hydrogen (secondary N) is 1. The van der Waals surface area contributed by atoms with Crippen LogP contribution in [0.15, 0.2) is 42.5 Å². The molecule has 2 aliphatic rings. The molecule has 0 amide bonds. The number of ether oxygens (including phenoxy) is 3. The Balaban J connectivity index is 1.70. The first-order valence-electron chi connectivity index (χ1n) is 8.61. The van der Waals surface area contributed by atoms with Gasteiger partial charge in [-0.15, -0.1) is 0 Å². The topological polar surface area (TPSA) is 51.5 Å². The summed E-state index contributed by atoms with van der Waals surface area (Å²) in [5.74, 6) is 2.76. The van der Waals surface area contributed by atoms with Gasteiger partial charge >= 0.3 is 0 Å². The molecular formula is C21H23NO3. The lowest BCUT2D eigenvalue weighted by atomic mass is 9.76. The fourth-order valence-electron chi connectivity index (χ4n) is 4.00. The van der Waals surface area contributed by atoms with Crippen LogP contribution >= 0.6 is 0 Å². The first kappa shape index (κ1) is 16.0. The summed E-state index contributed by atoms with van der Waals surface area (Å²) in [7, 11) is 3.30. The first-order chi connectivity index (χ1) is 12.1. The number of fused-ring (bicyclic) bond motifs is 1. The molecule has 2 aromatic rings. The summed E-state index contributed by atoms with van der Waals surface area (Å²) < 4.78 is 16.4. The fourth-order valence-corrected chi connectivity index (χ4v) is 4.00. The van der Waals surface area contributed by atoms with Crippen LogP contribution in [0.5, 0.6) is 11.5 Å². The standard InChI is InChI=1S/C21H23NO3/c1-21(12-25-20(22)16-11-17(16)21)15-6-4-5-13(9-15)14-7-8-18(23-2)19(10-14)24-3/h4-10,16-17,22H,11-12H2,1-3H3. The lowest BCUT2D eigenvalue weighted by Crippen LogP contribution is -2.37. The molecule has 0 spiro atoms. The lowest BCUT2D eigenvalue weighted by molar-refractivity contribution is 0.160. The van der Waals surface area contributed by atoms with Gasteiger partial charge < -0.3 is 14.2 Å². The molecule has 0 radical (unpaired) electrons. The van der Waals surface area contributed by atoms with E-state index in [4.69, 9.17) is 19.6 Å². The third-order valence-corrected chi connectivity index (χ3v) is 5.71. The summed E-state index contributed by atoms with van der Waals surface area (Å²) in [6, 6.07) is 14.6. The summed E-state index contributed by atoms with van der Waals surface area (Å²) in [6.45, 7) is 2.85. The molecule has 1 N–H and O–H groups in total. The number of hydrogen-bond donors (Lipinski definition) is 1. The van der Waals surface area contributed by atoms with E-state index in [2.05, 4.69) is 37.3 Å².